The van der Waals surface area contributed by atoms with Crippen molar-refractivity contribution in [1.82, 2.24) is 57.8 Å². The maximum atomic E-state index is 14.5. The van der Waals surface area contributed by atoms with Crippen molar-refractivity contribution >= 4 is 88.8 Å². The number of nitrogens with zero attached hydrogens (tertiary/aromatic N) is 5. The number of unbranched alkanes of at least 4 members (excludes halogenated alkanes) is 2. The van der Waals surface area contributed by atoms with Crippen LogP contribution in [-0.4, -0.2) is 236 Å². The Labute approximate surface area is 583 Å². The molecule has 0 aromatic heterocycles. The highest BCUT2D eigenvalue weighted by atomic mass is 16.5. The first kappa shape index (κ1) is 83.0. The summed E-state index contributed by atoms with van der Waals surface area (Å²) in [5.41, 5.74) is 26.5. The molecule has 0 aliphatic carbocycles. The lowest BCUT2D eigenvalue weighted by atomic mass is 9.84. The van der Waals surface area contributed by atoms with Gasteiger partial charge in [-0.2, -0.15) is 0 Å². The Balaban J connectivity index is 1.51. The SMILES string of the molecule is C[C@H](NC(=O)[C@H](CCCCN)NCCCC[C@H](NC(=O)COc1ccc(C2=[N+]([O-])C(C)(C)C(C)(C)N2O)cc1)C(=O)N[C@@H](CCCN=C(N)N)C(=O)NCC(=O)N[C@@H](CC(=O)O)C(=O)N[C@@H](Cc1ccccc1)C(=O)O)C(=O)N1CCC[C@H]1C(=O)N[C@@H](CCCN=C(N)N)C(=O)NCC(=O)O. The Morgan fingerprint density at radius 3 is 1.73 bits per heavy atom. The normalized spacial score (nSPS) is 16.4. The van der Waals surface area contributed by atoms with Crippen LogP contribution < -0.4 is 81.3 Å². The van der Waals surface area contributed by atoms with Gasteiger partial charge in [0.2, 0.25) is 47.3 Å². The van der Waals surface area contributed by atoms with Gasteiger partial charge < -0.3 is 107 Å². The number of aliphatic imine (C=N–C) groups is 2. The second kappa shape index (κ2) is 40.6. The van der Waals surface area contributed by atoms with Crippen LogP contribution in [0.25, 0.3) is 0 Å². The van der Waals surface area contributed by atoms with Crippen molar-refractivity contribution in [2.75, 3.05) is 52.4 Å². The standard InChI is InChI=1S/C64H99N19O18/c1-37(59(96)81-31-15-22-47(81)57(95)79-43(21-14-30-72-62(68)69)53(91)74-35-51(88)89)75-54(92)41(18-9-11-27-65)70-28-12-10-19-44(76-49(85)36-101-40-25-23-39(24-26-40)58-82(99)63(2,3)64(4,5)83(58)100)55(93)78-42(20-13-29-71-61(66)67)52(90)73-34-48(84)77-45(33-50(86)87)56(94)80-46(60(97)98)32-38-16-7-6-8-17-38/h6-8,16-17,23-26,37,41-47,70,99H,9-15,18-22,27-36,65H2,1-5H3,(H,73,90)(H,74,91)(H,75,92)(H,76,85)(H,77,84)(H,78,93)(H,79,95)(H,80,94)(H,86,87)(H,88,89)(H,97,98)(H4,66,67,71)(H4,68,69,72)/t37-,41-,42-,43-,44-,45-,46-,47-/m0/s1. The van der Waals surface area contributed by atoms with Crippen LogP contribution in [0.4, 0.5) is 0 Å². The van der Waals surface area contributed by atoms with E-state index in [9.17, 15) is 78.2 Å². The Bertz CT molecular complexity index is 3290. The first-order chi connectivity index (χ1) is 47.7. The van der Waals surface area contributed by atoms with E-state index in [1.165, 1.54) is 36.1 Å². The van der Waals surface area contributed by atoms with E-state index in [-0.39, 0.29) is 114 Å². The maximum absolute atomic E-state index is 14.5. The summed E-state index contributed by atoms with van der Waals surface area (Å²) in [5, 5.41) is 76.7. The van der Waals surface area contributed by atoms with Crippen molar-refractivity contribution in [3.05, 3.63) is 70.9 Å². The third kappa shape index (κ3) is 26.6. The van der Waals surface area contributed by atoms with Crippen molar-refractivity contribution < 1.29 is 87.5 Å². The zero-order valence-corrected chi connectivity index (χ0v) is 57.5. The van der Waals surface area contributed by atoms with Gasteiger partial charge in [-0.05, 0) is 148 Å². The minimum atomic E-state index is -1.81. The summed E-state index contributed by atoms with van der Waals surface area (Å²) in [5.74, 6) is -12.1. The molecule has 558 valence electrons. The Hall–Kier alpha value is -10.4. The maximum Gasteiger partial charge on any atom is 0.326 e. The van der Waals surface area contributed by atoms with Gasteiger partial charge in [-0.25, -0.2) is 10.0 Å². The van der Waals surface area contributed by atoms with Crippen LogP contribution in [0.3, 0.4) is 0 Å². The number of amides is 9. The second-order valence-electron chi connectivity index (χ2n) is 25.3. The molecule has 4 rings (SSSR count). The van der Waals surface area contributed by atoms with E-state index >= 15 is 0 Å². The number of hydroxylamine groups is 3. The van der Waals surface area contributed by atoms with Gasteiger partial charge in [-0.3, -0.25) is 67.5 Å². The fourth-order valence-corrected chi connectivity index (χ4v) is 10.8. The van der Waals surface area contributed by atoms with E-state index in [1.807, 2.05) is 0 Å². The molecule has 2 aromatic rings. The number of aliphatic carboxylic acids is 3. The van der Waals surface area contributed by atoms with E-state index in [0.717, 1.165) is 5.06 Å². The van der Waals surface area contributed by atoms with Crippen LogP contribution in [0.15, 0.2) is 64.6 Å². The van der Waals surface area contributed by atoms with Gasteiger partial charge in [-0.15, -0.1) is 5.06 Å². The number of carboxylic acids is 3. The third-order valence-corrected chi connectivity index (χ3v) is 17.1. The van der Waals surface area contributed by atoms with Gasteiger partial charge in [0.15, 0.2) is 24.1 Å². The first-order valence-electron chi connectivity index (χ1n) is 33.2. The predicted molar refractivity (Wildman–Crippen MR) is 366 cm³/mol. The highest BCUT2D eigenvalue weighted by Crippen LogP contribution is 2.37. The van der Waals surface area contributed by atoms with Crippen molar-refractivity contribution in [1.29, 1.82) is 0 Å². The number of carboxylic acid groups (broad SMARTS) is 3. The fourth-order valence-electron chi connectivity index (χ4n) is 10.8. The number of guanidine groups is 2. The van der Waals surface area contributed by atoms with Crippen LogP contribution >= 0.6 is 0 Å². The molecule has 37 heteroatoms. The molecule has 1 saturated heterocycles. The summed E-state index contributed by atoms with van der Waals surface area (Å²) >= 11 is 0. The molecule has 0 unspecified atom stereocenters. The molecule has 2 aliphatic rings. The molecule has 2 aromatic carbocycles. The van der Waals surface area contributed by atoms with Gasteiger partial charge in [0, 0.05) is 26.1 Å². The minimum absolute atomic E-state index is 0.0201. The van der Waals surface area contributed by atoms with Crippen LogP contribution in [0.5, 0.6) is 5.75 Å². The quantitative estimate of drug-likeness (QED) is 0.00988. The van der Waals surface area contributed by atoms with Gasteiger partial charge >= 0.3 is 23.7 Å². The summed E-state index contributed by atoms with van der Waals surface area (Å²) in [6, 6.07) is 3.69. The lowest BCUT2D eigenvalue weighted by Gasteiger charge is -2.33. The molecule has 101 heavy (non-hydrogen) atoms. The molecule has 0 radical (unpaired) electrons. The summed E-state index contributed by atoms with van der Waals surface area (Å²) in [6.45, 7) is 6.65. The van der Waals surface area contributed by atoms with Crippen LogP contribution in [0, 0.1) is 5.21 Å². The molecule has 0 saturated carbocycles. The summed E-state index contributed by atoms with van der Waals surface area (Å²) < 4.78 is 6.48. The Morgan fingerprint density at radius 2 is 1.17 bits per heavy atom. The number of carbonyl (C=O) groups excluding carboxylic acids is 9. The molecular formula is C64H99N19O18. The molecule has 0 spiro atoms. The average Bonchev–Trinajstić information content (AvgIpc) is 1.69. The minimum Gasteiger partial charge on any atom is -0.714 e. The lowest BCUT2D eigenvalue weighted by Crippen LogP contribution is -2.57. The van der Waals surface area contributed by atoms with Gasteiger partial charge in [-0.1, -0.05) is 36.8 Å². The predicted octanol–water partition coefficient (Wildman–Crippen LogP) is -4.01. The van der Waals surface area contributed by atoms with Gasteiger partial charge in [0.25, 0.3) is 5.91 Å². The van der Waals surface area contributed by atoms with Crippen molar-refractivity contribution in [2.45, 2.75) is 184 Å². The number of hydrogen-bond acceptors (Lipinski definition) is 20. The highest BCUT2D eigenvalue weighted by Gasteiger charge is 2.59. The first-order valence-corrected chi connectivity index (χ1v) is 33.2. The van der Waals surface area contributed by atoms with E-state index in [1.54, 1.807) is 58.0 Å². The summed E-state index contributed by atoms with van der Waals surface area (Å²) in [6.07, 6.45) is 1.25. The zero-order valence-electron chi connectivity index (χ0n) is 57.5. The second-order valence-corrected chi connectivity index (χ2v) is 25.3. The van der Waals surface area contributed by atoms with E-state index in [0.29, 0.717) is 41.7 Å². The number of hydrogen-bond donors (Lipinski definition) is 18. The smallest absolute Gasteiger partial charge is 0.326 e. The van der Waals surface area contributed by atoms with Crippen molar-refractivity contribution in [3.8, 4) is 5.75 Å². The monoisotopic (exact) mass is 1420 g/mol. The van der Waals surface area contributed by atoms with Crippen LogP contribution in [0.2, 0.25) is 0 Å². The molecule has 37 nitrogen and oxygen atoms in total. The molecule has 8 atom stereocenters. The zero-order chi connectivity index (χ0) is 75.1. The molecular weight excluding hydrogens is 1320 g/mol. The Kier molecular flexibility index (Phi) is 33.4. The molecule has 2 aliphatic heterocycles. The van der Waals surface area contributed by atoms with Gasteiger partial charge in [0.1, 0.15) is 60.1 Å². The third-order valence-electron chi connectivity index (χ3n) is 17.1. The van der Waals surface area contributed by atoms with Crippen LogP contribution in [0.1, 0.15) is 129 Å². The van der Waals surface area contributed by atoms with E-state index in [2.05, 4.69) is 57.8 Å². The summed E-state index contributed by atoms with van der Waals surface area (Å²) in [7, 11) is 0. The van der Waals surface area contributed by atoms with E-state index < -0.39 is 157 Å². The number of rotatable bonds is 44. The lowest BCUT2D eigenvalue weighted by molar-refractivity contribution is -0.539. The molecule has 0 bridgehead atoms. The topological polar surface area (TPSA) is 591 Å². The number of amidine groups is 1. The molecule has 23 N–H and O–H groups in total. The molecule has 1 fully saturated rings. The largest absolute Gasteiger partial charge is 0.714 e. The van der Waals surface area contributed by atoms with Crippen molar-refractivity contribution in [3.63, 3.8) is 0 Å². The van der Waals surface area contributed by atoms with Crippen LogP contribution in [-0.2, 0) is 64.0 Å². The average molecular weight is 1420 g/mol. The Morgan fingerprint density at radius 1 is 0.634 bits per heavy atom. The molecule has 2 heterocycles. The fraction of sp³-hybridized carbons (Fsp3) is 0.578. The highest BCUT2D eigenvalue weighted by molar-refractivity contribution is 5.98. The number of likely N-dealkylation sites (tertiary alicyclic amines) is 1. The number of ether oxygens (including phenoxy) is 1. The summed E-state index contributed by atoms with van der Waals surface area (Å²) in [4.78, 5) is 168. The van der Waals surface area contributed by atoms with Crippen molar-refractivity contribution in [2.24, 2.45) is 38.7 Å². The number of nitrogens with one attached hydrogen (secondary N) is 9. The van der Waals surface area contributed by atoms with Gasteiger partial charge in [0.05, 0.1) is 24.6 Å². The number of nitrogens with two attached hydrogens (primary N) is 5. The number of carbonyl (C=O) groups is 12. The van der Waals surface area contributed by atoms with E-state index in [4.69, 9.17) is 38.5 Å². The number of benzene rings is 2. The molecule has 9 amide bonds.